The van der Waals surface area contributed by atoms with Gasteiger partial charge in [0.1, 0.15) is 6.04 Å². The van der Waals surface area contributed by atoms with Crippen LogP contribution in [0.4, 0.5) is 5.69 Å². The summed E-state index contributed by atoms with van der Waals surface area (Å²) in [7, 11) is -3.61. The molecule has 3 rings (SSSR count). The Balaban J connectivity index is 1.87. The SMILES string of the molecule is Cc1ccc(CN(C(=O)CCCN(c2cccc(Cl)c2)S(C)(=O)=O)C(Cc2ccccc2)C(=O)NCC(C)C)cc1. The highest BCUT2D eigenvalue weighted by Crippen LogP contribution is 2.23. The van der Waals surface area contributed by atoms with Crippen molar-refractivity contribution in [3.05, 3.63) is 101 Å². The first-order valence-electron chi connectivity index (χ1n) is 13.8. The molecular formula is C32H40ClN3O4S. The number of aryl methyl sites for hydroxylation is 1. The van der Waals surface area contributed by atoms with Crippen LogP contribution in [0.15, 0.2) is 78.9 Å². The molecule has 220 valence electrons. The van der Waals surface area contributed by atoms with Crippen LogP contribution in [-0.4, -0.2) is 50.5 Å². The lowest BCUT2D eigenvalue weighted by Crippen LogP contribution is -2.51. The number of carbonyl (C=O) groups excluding carboxylic acids is 2. The fourth-order valence-corrected chi connectivity index (χ4v) is 5.64. The Morgan fingerprint density at radius 3 is 2.22 bits per heavy atom. The second kappa shape index (κ2) is 15.0. The molecule has 0 heterocycles. The fraction of sp³-hybridized carbons (Fsp3) is 0.375. The first kappa shape index (κ1) is 32.2. The van der Waals surface area contributed by atoms with E-state index in [9.17, 15) is 18.0 Å². The second-order valence-corrected chi connectivity index (χ2v) is 13.1. The van der Waals surface area contributed by atoms with E-state index in [0.29, 0.717) is 23.7 Å². The van der Waals surface area contributed by atoms with Gasteiger partial charge in [0.2, 0.25) is 21.8 Å². The molecule has 1 N–H and O–H groups in total. The number of carbonyl (C=O) groups is 2. The van der Waals surface area contributed by atoms with Gasteiger partial charge in [0.15, 0.2) is 0 Å². The molecule has 0 radical (unpaired) electrons. The van der Waals surface area contributed by atoms with Crippen molar-refractivity contribution in [3.8, 4) is 0 Å². The van der Waals surface area contributed by atoms with Gasteiger partial charge < -0.3 is 10.2 Å². The standard InChI is InChI=1S/C32H40ClN3O4S/c1-24(2)22-34-32(38)30(20-26-10-6-5-7-11-26)35(23-27-17-15-25(3)16-18-27)31(37)14-9-19-36(41(4,39)40)29-13-8-12-28(33)21-29/h5-8,10-13,15-18,21,24,30H,9,14,19-20,22-23H2,1-4H3,(H,34,38). The van der Waals surface area contributed by atoms with Crippen LogP contribution in [-0.2, 0) is 32.6 Å². The molecule has 3 aromatic carbocycles. The molecule has 0 fully saturated rings. The van der Waals surface area contributed by atoms with Gasteiger partial charge in [-0.2, -0.15) is 0 Å². The van der Waals surface area contributed by atoms with Crippen LogP contribution in [0.1, 0.15) is 43.4 Å². The molecule has 2 amide bonds. The van der Waals surface area contributed by atoms with E-state index in [-0.39, 0.29) is 43.7 Å². The maximum Gasteiger partial charge on any atom is 0.243 e. The minimum Gasteiger partial charge on any atom is -0.354 e. The van der Waals surface area contributed by atoms with E-state index in [2.05, 4.69) is 5.32 Å². The van der Waals surface area contributed by atoms with E-state index in [0.717, 1.165) is 22.9 Å². The fourth-order valence-electron chi connectivity index (χ4n) is 4.50. The number of halogens is 1. The minimum absolute atomic E-state index is 0.0706. The first-order chi connectivity index (χ1) is 19.4. The summed E-state index contributed by atoms with van der Waals surface area (Å²) in [5, 5.41) is 3.44. The number of hydrogen-bond donors (Lipinski definition) is 1. The van der Waals surface area contributed by atoms with Crippen LogP contribution >= 0.6 is 11.6 Å². The molecular weight excluding hydrogens is 558 g/mol. The third-order valence-corrected chi connectivity index (χ3v) is 8.11. The summed E-state index contributed by atoms with van der Waals surface area (Å²) in [5.74, 6) is -0.170. The lowest BCUT2D eigenvalue weighted by Gasteiger charge is -2.32. The Morgan fingerprint density at radius 1 is 0.927 bits per heavy atom. The van der Waals surface area contributed by atoms with E-state index in [4.69, 9.17) is 11.6 Å². The molecule has 0 bridgehead atoms. The van der Waals surface area contributed by atoms with Gasteiger partial charge in [-0.15, -0.1) is 0 Å². The Hall–Kier alpha value is -3.36. The molecule has 0 saturated carbocycles. The molecule has 0 aliphatic carbocycles. The second-order valence-electron chi connectivity index (χ2n) is 10.8. The van der Waals surface area contributed by atoms with Gasteiger partial charge >= 0.3 is 0 Å². The van der Waals surface area contributed by atoms with Crippen molar-refractivity contribution in [1.82, 2.24) is 10.2 Å². The van der Waals surface area contributed by atoms with Crippen LogP contribution in [0.25, 0.3) is 0 Å². The Labute approximate surface area is 249 Å². The van der Waals surface area contributed by atoms with E-state index in [1.54, 1.807) is 29.2 Å². The molecule has 9 heteroatoms. The Bertz CT molecular complexity index is 1400. The Morgan fingerprint density at radius 2 is 1.61 bits per heavy atom. The van der Waals surface area contributed by atoms with E-state index in [1.165, 1.54) is 4.31 Å². The predicted octanol–water partition coefficient (Wildman–Crippen LogP) is 5.61. The minimum atomic E-state index is -3.61. The molecule has 0 aliphatic heterocycles. The predicted molar refractivity (Wildman–Crippen MR) is 166 cm³/mol. The summed E-state index contributed by atoms with van der Waals surface area (Å²) in [6.07, 6.45) is 1.84. The number of amides is 2. The molecule has 1 unspecified atom stereocenters. The van der Waals surface area contributed by atoms with Gasteiger partial charge in [-0.05, 0) is 48.6 Å². The zero-order chi connectivity index (χ0) is 30.0. The summed E-state index contributed by atoms with van der Waals surface area (Å²) in [5.41, 5.74) is 3.40. The number of nitrogens with zero attached hydrogens (tertiary/aromatic N) is 2. The largest absolute Gasteiger partial charge is 0.354 e. The highest BCUT2D eigenvalue weighted by molar-refractivity contribution is 7.92. The normalized spacial score (nSPS) is 12.1. The molecule has 41 heavy (non-hydrogen) atoms. The number of benzene rings is 3. The zero-order valence-corrected chi connectivity index (χ0v) is 25.8. The number of sulfonamides is 1. The summed E-state index contributed by atoms with van der Waals surface area (Å²) < 4.78 is 26.4. The van der Waals surface area contributed by atoms with Crippen molar-refractivity contribution in [2.45, 2.75) is 52.6 Å². The van der Waals surface area contributed by atoms with E-state index in [1.807, 2.05) is 75.4 Å². The molecule has 7 nitrogen and oxygen atoms in total. The van der Waals surface area contributed by atoms with Gasteiger partial charge in [-0.25, -0.2) is 8.42 Å². The molecule has 0 aromatic heterocycles. The van der Waals surface area contributed by atoms with Gasteiger partial charge in [0.25, 0.3) is 0 Å². The third kappa shape index (κ3) is 10.2. The van der Waals surface area contributed by atoms with E-state index >= 15 is 0 Å². The maximum absolute atomic E-state index is 13.9. The number of nitrogens with one attached hydrogen (secondary N) is 1. The summed E-state index contributed by atoms with van der Waals surface area (Å²) >= 11 is 6.11. The zero-order valence-electron chi connectivity index (χ0n) is 24.2. The van der Waals surface area contributed by atoms with Gasteiger partial charge in [0.05, 0.1) is 11.9 Å². The van der Waals surface area contributed by atoms with Crippen LogP contribution in [0.2, 0.25) is 5.02 Å². The highest BCUT2D eigenvalue weighted by atomic mass is 35.5. The molecule has 0 saturated heterocycles. The van der Waals surface area contributed by atoms with Crippen molar-refractivity contribution in [1.29, 1.82) is 0 Å². The topological polar surface area (TPSA) is 86.8 Å². The molecule has 1 atom stereocenters. The number of anilines is 1. The first-order valence-corrected chi connectivity index (χ1v) is 16.1. The van der Waals surface area contributed by atoms with Crippen LogP contribution < -0.4 is 9.62 Å². The van der Waals surface area contributed by atoms with E-state index < -0.39 is 16.1 Å². The van der Waals surface area contributed by atoms with Crippen molar-refractivity contribution in [2.75, 3.05) is 23.7 Å². The smallest absolute Gasteiger partial charge is 0.243 e. The highest BCUT2D eigenvalue weighted by Gasteiger charge is 2.30. The van der Waals surface area contributed by atoms with Gasteiger partial charge in [-0.1, -0.05) is 91.7 Å². The van der Waals surface area contributed by atoms with Crippen LogP contribution in [0, 0.1) is 12.8 Å². The number of rotatable bonds is 14. The summed E-state index contributed by atoms with van der Waals surface area (Å²) in [4.78, 5) is 29.1. The Kier molecular flexibility index (Phi) is 11.8. The maximum atomic E-state index is 13.9. The monoisotopic (exact) mass is 597 g/mol. The van der Waals surface area contributed by atoms with Crippen LogP contribution in [0.5, 0.6) is 0 Å². The lowest BCUT2D eigenvalue weighted by atomic mass is 10.0. The summed E-state index contributed by atoms with van der Waals surface area (Å²) in [6.45, 7) is 6.91. The average Bonchev–Trinajstić information content (AvgIpc) is 2.92. The molecule has 3 aromatic rings. The van der Waals surface area contributed by atoms with Gasteiger partial charge in [0, 0.05) is 37.5 Å². The van der Waals surface area contributed by atoms with Crippen molar-refractivity contribution in [3.63, 3.8) is 0 Å². The quantitative estimate of drug-likeness (QED) is 0.262. The average molecular weight is 598 g/mol. The van der Waals surface area contributed by atoms with Gasteiger partial charge in [-0.3, -0.25) is 13.9 Å². The van der Waals surface area contributed by atoms with Crippen molar-refractivity contribution in [2.24, 2.45) is 5.92 Å². The lowest BCUT2D eigenvalue weighted by molar-refractivity contribution is -0.141. The van der Waals surface area contributed by atoms with Crippen molar-refractivity contribution >= 4 is 39.1 Å². The van der Waals surface area contributed by atoms with Crippen molar-refractivity contribution < 1.29 is 18.0 Å². The van der Waals surface area contributed by atoms with Crippen LogP contribution in [0.3, 0.4) is 0 Å². The molecule has 0 aliphatic rings. The number of hydrogen-bond acceptors (Lipinski definition) is 4. The third-order valence-electron chi connectivity index (χ3n) is 6.68. The summed E-state index contributed by atoms with van der Waals surface area (Å²) in [6, 6.07) is 23.4. The molecule has 0 spiro atoms.